The first kappa shape index (κ1) is 58.7. The van der Waals surface area contributed by atoms with Crippen molar-refractivity contribution in [2.45, 2.75) is 132 Å². The van der Waals surface area contributed by atoms with E-state index in [0.29, 0.717) is 25.8 Å². The van der Waals surface area contributed by atoms with E-state index in [1.54, 1.807) is 0 Å². The molecule has 0 aliphatic carbocycles. The molecule has 3 fully saturated rings. The van der Waals surface area contributed by atoms with E-state index in [9.17, 15) is 67.4 Å². The van der Waals surface area contributed by atoms with Crippen LogP contribution in [-0.2, 0) is 62.3 Å². The van der Waals surface area contributed by atoms with Crippen molar-refractivity contribution in [1.29, 1.82) is 0 Å². The van der Waals surface area contributed by atoms with Crippen LogP contribution in [0.15, 0.2) is 4.99 Å². The number of hydrogen-bond acceptors (Lipinski definition) is 15. The molecular formula is C42H68N16O14. The van der Waals surface area contributed by atoms with Gasteiger partial charge in [-0.1, -0.05) is 0 Å². The van der Waals surface area contributed by atoms with Gasteiger partial charge in [-0.3, -0.25) is 62.5 Å². The number of carbonyl (C=O) groups is 13. The standard InChI is InChI=1S/C42H68N16O14/c43-29(59)12-9-23(35(65)51-19-32(62)50-20-33(63)53-26(41(71)72)6-2-16-49-42(46)47)55-38(68)25(11-14-31(45)61)56-39(69)27-7-3-18-58(27)40(70)28-8-4-17-57(28)34(64)21-52-36(66)24(10-13-30(44)60)54-37(67)22-5-1-15-48-22/h22-28,48H,1-21H2,(H2,43,59)(H2,44,60)(H2,45,61)(H,50,62)(H,51,65)(H,52,66)(H,53,63)(H,54,67)(H,55,68)(H,56,69)(H,71,72)(H4,46,47,49)/t22-,23-,24-,25-,26-,27-,28-/m0/s1. The first-order chi connectivity index (χ1) is 34.1. The van der Waals surface area contributed by atoms with Gasteiger partial charge in [-0.25, -0.2) is 4.79 Å². The summed E-state index contributed by atoms with van der Waals surface area (Å²) in [7, 11) is 0. The number of primary amides is 3. The van der Waals surface area contributed by atoms with E-state index in [4.69, 9.17) is 28.7 Å². The number of nitrogens with two attached hydrogens (primary N) is 5. The molecule has 3 aliphatic heterocycles. The number of nitrogens with zero attached hydrogens (tertiary/aromatic N) is 3. The zero-order valence-corrected chi connectivity index (χ0v) is 39.9. The lowest BCUT2D eigenvalue weighted by atomic mass is 10.1. The third kappa shape index (κ3) is 20.0. The van der Waals surface area contributed by atoms with Crippen LogP contribution in [0.4, 0.5) is 0 Å². The molecule has 3 rings (SSSR count). The molecule has 19 N–H and O–H groups in total. The minimum absolute atomic E-state index is 0.0335. The van der Waals surface area contributed by atoms with Gasteiger partial charge in [0.25, 0.3) is 0 Å². The maximum atomic E-state index is 14.1. The molecule has 3 aliphatic rings. The lowest BCUT2D eigenvalue weighted by molar-refractivity contribution is -0.147. The van der Waals surface area contributed by atoms with E-state index in [0.717, 1.165) is 6.42 Å². The van der Waals surface area contributed by atoms with E-state index >= 15 is 0 Å². The molecule has 0 unspecified atom stereocenters. The highest BCUT2D eigenvalue weighted by atomic mass is 16.4. The first-order valence-electron chi connectivity index (χ1n) is 23.6. The van der Waals surface area contributed by atoms with Crippen molar-refractivity contribution in [3.8, 4) is 0 Å². The average molecular weight is 1020 g/mol. The number of carbonyl (C=O) groups excluding carboxylic acids is 12. The summed E-state index contributed by atoms with van der Waals surface area (Å²) in [5.74, 6) is -10.9. The van der Waals surface area contributed by atoms with Gasteiger partial charge in [0, 0.05) is 38.9 Å². The van der Waals surface area contributed by atoms with E-state index in [1.165, 1.54) is 9.80 Å². The van der Waals surface area contributed by atoms with Crippen LogP contribution in [0.3, 0.4) is 0 Å². The highest BCUT2D eigenvalue weighted by Gasteiger charge is 2.43. The van der Waals surface area contributed by atoms with Gasteiger partial charge < -0.3 is 86.1 Å². The van der Waals surface area contributed by atoms with Crippen LogP contribution in [0.2, 0.25) is 0 Å². The second kappa shape index (κ2) is 29.5. The molecule has 400 valence electrons. The van der Waals surface area contributed by atoms with Crippen LogP contribution < -0.4 is 71.2 Å². The Bertz CT molecular complexity index is 2060. The smallest absolute Gasteiger partial charge is 0.326 e. The molecule has 0 bridgehead atoms. The molecule has 0 saturated carbocycles. The lowest BCUT2D eigenvalue weighted by Crippen LogP contribution is -2.58. The third-order valence-electron chi connectivity index (χ3n) is 11.9. The van der Waals surface area contributed by atoms with Crippen LogP contribution in [0.1, 0.15) is 89.9 Å². The van der Waals surface area contributed by atoms with Gasteiger partial charge in [-0.15, -0.1) is 0 Å². The first-order valence-corrected chi connectivity index (χ1v) is 23.6. The third-order valence-corrected chi connectivity index (χ3v) is 11.9. The summed E-state index contributed by atoms with van der Waals surface area (Å²) in [6.07, 6.45) is 0.668. The number of likely N-dealkylation sites (tertiary alicyclic amines) is 2. The molecule has 7 atom stereocenters. The fourth-order valence-electron chi connectivity index (χ4n) is 8.13. The van der Waals surface area contributed by atoms with Crippen molar-refractivity contribution in [2.24, 2.45) is 33.7 Å². The Morgan fingerprint density at radius 3 is 1.64 bits per heavy atom. The maximum Gasteiger partial charge on any atom is 0.326 e. The number of guanidine groups is 1. The van der Waals surface area contributed by atoms with E-state index < -0.39 is 152 Å². The summed E-state index contributed by atoms with van der Waals surface area (Å²) in [5, 5.41) is 29.1. The van der Waals surface area contributed by atoms with Gasteiger partial charge >= 0.3 is 5.97 Å². The predicted octanol–water partition coefficient (Wildman–Crippen LogP) is -8.06. The number of nitrogens with one attached hydrogen (secondary N) is 8. The van der Waals surface area contributed by atoms with E-state index in [-0.39, 0.29) is 77.0 Å². The molecule has 0 radical (unpaired) electrons. The molecule has 30 heteroatoms. The Morgan fingerprint density at radius 2 is 1.08 bits per heavy atom. The molecule has 3 heterocycles. The highest BCUT2D eigenvalue weighted by Crippen LogP contribution is 2.25. The largest absolute Gasteiger partial charge is 0.480 e. The van der Waals surface area contributed by atoms with Gasteiger partial charge in [0.1, 0.15) is 36.3 Å². The van der Waals surface area contributed by atoms with Crippen LogP contribution in [0, 0.1) is 0 Å². The Morgan fingerprint density at radius 1 is 0.556 bits per heavy atom. The van der Waals surface area contributed by atoms with Crippen LogP contribution >= 0.6 is 0 Å². The van der Waals surface area contributed by atoms with Crippen molar-refractivity contribution in [1.82, 2.24) is 52.3 Å². The van der Waals surface area contributed by atoms with Crippen molar-refractivity contribution < 1.29 is 67.4 Å². The lowest BCUT2D eigenvalue weighted by Gasteiger charge is -2.32. The van der Waals surface area contributed by atoms with Crippen LogP contribution in [0.25, 0.3) is 0 Å². The van der Waals surface area contributed by atoms with Crippen molar-refractivity contribution in [3.05, 3.63) is 0 Å². The van der Waals surface area contributed by atoms with Gasteiger partial charge in [-0.2, -0.15) is 0 Å². The monoisotopic (exact) mass is 1020 g/mol. The highest BCUT2D eigenvalue weighted by molar-refractivity contribution is 5.98. The Balaban J connectivity index is 1.63. The summed E-state index contributed by atoms with van der Waals surface area (Å²) < 4.78 is 0. The molecule has 0 aromatic heterocycles. The maximum absolute atomic E-state index is 14.1. The normalized spacial score (nSPS) is 18.8. The van der Waals surface area contributed by atoms with Crippen molar-refractivity contribution in [2.75, 3.05) is 45.8 Å². The molecule has 72 heavy (non-hydrogen) atoms. The van der Waals surface area contributed by atoms with E-state index in [2.05, 4.69) is 47.5 Å². The fourth-order valence-corrected chi connectivity index (χ4v) is 8.13. The summed E-state index contributed by atoms with van der Waals surface area (Å²) in [5.41, 5.74) is 26.4. The molecule has 0 aromatic rings. The molecule has 3 saturated heterocycles. The zero-order chi connectivity index (χ0) is 53.5. The summed E-state index contributed by atoms with van der Waals surface area (Å²) in [6.45, 7) is -1.02. The quantitative estimate of drug-likeness (QED) is 0.0181. The number of amides is 12. The van der Waals surface area contributed by atoms with Gasteiger partial charge in [0.15, 0.2) is 5.96 Å². The van der Waals surface area contributed by atoms with Gasteiger partial charge in [0.05, 0.1) is 25.7 Å². The number of hydrogen-bond donors (Lipinski definition) is 14. The minimum atomic E-state index is -1.54. The van der Waals surface area contributed by atoms with E-state index in [1.807, 2.05) is 0 Å². The summed E-state index contributed by atoms with van der Waals surface area (Å²) in [4.78, 5) is 172. The molecular weight excluding hydrogens is 953 g/mol. The topological polar surface area (TPSA) is 487 Å². The minimum Gasteiger partial charge on any atom is -0.480 e. The number of carboxylic acids is 1. The molecule has 30 nitrogen and oxygen atoms in total. The Hall–Kier alpha value is -7.66. The van der Waals surface area contributed by atoms with Gasteiger partial charge in [-0.05, 0) is 77.2 Å². The summed E-state index contributed by atoms with van der Waals surface area (Å²) >= 11 is 0. The number of carboxylic acid groups (broad SMARTS) is 1. The van der Waals surface area contributed by atoms with Gasteiger partial charge in [0.2, 0.25) is 70.9 Å². The molecule has 0 spiro atoms. The average Bonchev–Trinajstić information content (AvgIpc) is 4.15. The number of rotatable bonds is 30. The molecule has 0 aromatic carbocycles. The van der Waals surface area contributed by atoms with Crippen molar-refractivity contribution >= 4 is 82.8 Å². The zero-order valence-electron chi connectivity index (χ0n) is 39.9. The number of aliphatic imine (C=N–C) groups is 1. The van der Waals surface area contributed by atoms with Crippen LogP contribution in [-0.4, -0.2) is 186 Å². The summed E-state index contributed by atoms with van der Waals surface area (Å²) in [6, 6.07) is -8.28. The van der Waals surface area contributed by atoms with Crippen LogP contribution in [0.5, 0.6) is 0 Å². The number of aliphatic carboxylic acids is 1. The Labute approximate surface area is 413 Å². The molecule has 12 amide bonds. The second-order valence-electron chi connectivity index (χ2n) is 17.4. The predicted molar refractivity (Wildman–Crippen MR) is 250 cm³/mol. The fraction of sp³-hybridized carbons (Fsp3) is 0.667. The SMILES string of the molecule is NC(=O)CC[C@H](NC(=O)[C@@H]1CCCN1)C(=O)NCC(=O)N1CCC[C@H]1C(=O)N1CCC[C@H]1C(=O)N[C@@H](CCC(N)=O)C(=O)N[C@@H](CCC(N)=O)C(=O)NCC(=O)NCC(=O)N[C@@H](CCCN=C(N)N)C(=O)O. The second-order valence-corrected chi connectivity index (χ2v) is 17.4. The Kier molecular flexibility index (Phi) is 24.0. The van der Waals surface area contributed by atoms with Crippen molar-refractivity contribution in [3.63, 3.8) is 0 Å².